The maximum atomic E-state index is 9.81. The molecule has 0 radical (unpaired) electrons. The summed E-state index contributed by atoms with van der Waals surface area (Å²) >= 11 is 0. The van der Waals surface area contributed by atoms with Crippen molar-refractivity contribution in [3.8, 4) is 0 Å². The third-order valence-corrected chi connectivity index (χ3v) is 0.422. The first-order chi connectivity index (χ1) is 3.18. The molecule has 0 rings (SSSR count). The Morgan fingerprint density at radius 1 is 2.17 bits per heavy atom. The van der Waals surface area contributed by atoms with Crippen molar-refractivity contribution in [3.05, 3.63) is 0 Å². The van der Waals surface area contributed by atoms with Crippen molar-refractivity contribution in [3.63, 3.8) is 0 Å². The van der Waals surface area contributed by atoms with Gasteiger partial charge in [-0.25, -0.2) is 0 Å². The molecule has 0 saturated heterocycles. The zero-order valence-corrected chi connectivity index (χ0v) is 3.64. The van der Waals surface area contributed by atoms with Crippen LogP contribution in [0.4, 0.5) is 0 Å². The first kappa shape index (κ1) is 3.65. The number of aliphatic carboxylic acids is 1. The van der Waals surface area contributed by atoms with Gasteiger partial charge in [0.05, 0.1) is 5.92 Å². The molecule has 2 heteroatoms. The Morgan fingerprint density at radius 2 is 2.67 bits per heavy atom. The molecular formula is C4H8O2. The first-order valence-corrected chi connectivity index (χ1v) is 1.70. The lowest BCUT2D eigenvalue weighted by Crippen LogP contribution is -2.03. The average Bonchev–Trinajstić information content (AvgIpc) is 1.65. The molecule has 0 amide bonds. The van der Waals surface area contributed by atoms with Crippen molar-refractivity contribution in [2.24, 2.45) is 5.92 Å². The molecule has 6 heavy (non-hydrogen) atoms. The van der Waals surface area contributed by atoms with E-state index < -0.39 is 11.9 Å². The molecule has 0 bridgehead atoms. The summed E-state index contributed by atoms with van der Waals surface area (Å²) in [5.74, 6) is -1.41. The molecule has 0 aromatic rings. The predicted molar refractivity (Wildman–Crippen MR) is 22.5 cm³/mol. The summed E-state index contributed by atoms with van der Waals surface area (Å²) < 4.78 is 6.56. The van der Waals surface area contributed by atoms with Crippen LogP contribution in [0, 0.1) is 5.92 Å². The van der Waals surface area contributed by atoms with Crippen LogP contribution in [0.25, 0.3) is 0 Å². The Balaban J connectivity index is 3.34. The van der Waals surface area contributed by atoms with E-state index in [9.17, 15) is 4.79 Å². The van der Waals surface area contributed by atoms with Gasteiger partial charge in [0.25, 0.3) is 0 Å². The molecule has 0 aliphatic carbocycles. The van der Waals surface area contributed by atoms with Crippen LogP contribution < -0.4 is 0 Å². The molecule has 0 spiro atoms. The summed E-state index contributed by atoms with van der Waals surface area (Å²) in [4.78, 5) is 9.81. The van der Waals surface area contributed by atoms with Crippen LogP contribution in [-0.2, 0) is 4.79 Å². The fourth-order valence-corrected chi connectivity index (χ4v) is 0. The highest BCUT2D eigenvalue weighted by atomic mass is 16.4. The number of carbonyl (C=O) groups is 1. The van der Waals surface area contributed by atoms with Gasteiger partial charge in [0, 0.05) is 1.37 Å². The van der Waals surface area contributed by atoms with Crippen LogP contribution in [0.5, 0.6) is 0 Å². The van der Waals surface area contributed by atoms with Crippen molar-refractivity contribution >= 4 is 5.97 Å². The second kappa shape index (κ2) is 1.80. The number of hydrogen-bond donors (Lipinski definition) is 1. The third-order valence-electron chi connectivity index (χ3n) is 0.422. The van der Waals surface area contributed by atoms with E-state index in [1.54, 1.807) is 0 Å². The molecule has 0 aliphatic heterocycles. The summed E-state index contributed by atoms with van der Waals surface area (Å²) in [5, 5.41) is 8.06. The minimum Gasteiger partial charge on any atom is -0.481 e. The lowest BCUT2D eigenvalue weighted by atomic mass is 10.2. The smallest absolute Gasteiger partial charge is 0.305 e. The number of rotatable bonds is 1. The Labute approximate surface area is 38.2 Å². The number of hydrogen-bond acceptors (Lipinski definition) is 1. The van der Waals surface area contributed by atoms with E-state index in [0.29, 0.717) is 0 Å². The maximum absolute atomic E-state index is 9.81. The van der Waals surface area contributed by atoms with Crippen LogP contribution in [0.15, 0.2) is 0 Å². The standard InChI is InChI=1S/C4H8O2/c1-3(2)4(5)6/h3H,1-2H3,(H,5,6)/i1D/t3-/m1/s1. The Kier molecular flexibility index (Phi) is 1.10. The molecule has 0 unspecified atom stereocenters. The Morgan fingerprint density at radius 3 is 2.67 bits per heavy atom. The number of carboxylic acid groups (broad SMARTS) is 1. The summed E-state index contributed by atoms with van der Waals surface area (Å²) in [6, 6.07) is 0. The van der Waals surface area contributed by atoms with Crippen LogP contribution in [-0.4, -0.2) is 11.1 Å². The zero-order chi connectivity index (χ0) is 5.86. The molecule has 0 saturated carbocycles. The van der Waals surface area contributed by atoms with Gasteiger partial charge in [0.15, 0.2) is 0 Å². The molecule has 0 heterocycles. The van der Waals surface area contributed by atoms with Gasteiger partial charge >= 0.3 is 5.97 Å². The van der Waals surface area contributed by atoms with E-state index in [2.05, 4.69) is 0 Å². The minimum atomic E-state index is -0.894. The Hall–Kier alpha value is -0.530. The van der Waals surface area contributed by atoms with Crippen LogP contribution >= 0.6 is 0 Å². The Bertz CT molecular complexity index is 72.1. The number of carboxylic acids is 1. The summed E-state index contributed by atoms with van der Waals surface area (Å²) in [5.41, 5.74) is 0. The van der Waals surface area contributed by atoms with Crippen LogP contribution in [0.3, 0.4) is 0 Å². The largest absolute Gasteiger partial charge is 0.481 e. The second-order valence-corrected chi connectivity index (χ2v) is 1.24. The van der Waals surface area contributed by atoms with E-state index >= 15 is 0 Å². The molecule has 1 N–H and O–H groups in total. The quantitative estimate of drug-likeness (QED) is 0.514. The lowest BCUT2D eigenvalue weighted by Gasteiger charge is -1.89. The topological polar surface area (TPSA) is 37.3 Å². The van der Waals surface area contributed by atoms with Gasteiger partial charge in [-0.05, 0) is 0 Å². The highest BCUT2D eigenvalue weighted by Crippen LogP contribution is 1.87. The SMILES string of the molecule is [2H]C[C@H](C)C(=O)O. The van der Waals surface area contributed by atoms with Crippen molar-refractivity contribution in [2.75, 3.05) is 0 Å². The molecule has 1 atom stereocenters. The van der Waals surface area contributed by atoms with Gasteiger partial charge in [-0.2, -0.15) is 0 Å². The van der Waals surface area contributed by atoms with Crippen LogP contribution in [0.1, 0.15) is 15.2 Å². The van der Waals surface area contributed by atoms with Gasteiger partial charge in [0.1, 0.15) is 0 Å². The zero-order valence-electron chi connectivity index (χ0n) is 4.64. The average molecular weight is 89.1 g/mol. The van der Waals surface area contributed by atoms with Crippen molar-refractivity contribution in [1.29, 1.82) is 0 Å². The molecular weight excluding hydrogens is 80.0 g/mol. The van der Waals surface area contributed by atoms with Gasteiger partial charge in [-0.15, -0.1) is 0 Å². The van der Waals surface area contributed by atoms with Gasteiger partial charge in [0.2, 0.25) is 0 Å². The monoisotopic (exact) mass is 89.1 g/mol. The normalized spacial score (nSPS) is 15.8. The highest BCUT2D eigenvalue weighted by molar-refractivity contribution is 5.68. The summed E-state index contributed by atoms with van der Waals surface area (Å²) in [7, 11) is 0. The molecule has 0 aromatic carbocycles. The van der Waals surface area contributed by atoms with E-state index in [4.69, 9.17) is 6.48 Å². The molecule has 0 fully saturated rings. The van der Waals surface area contributed by atoms with Crippen molar-refractivity contribution in [1.82, 2.24) is 0 Å². The first-order valence-electron chi connectivity index (χ1n) is 2.41. The fraction of sp³-hybridized carbons (Fsp3) is 0.750. The predicted octanol–water partition coefficient (Wildman–Crippen LogP) is 0.727. The van der Waals surface area contributed by atoms with Crippen molar-refractivity contribution in [2.45, 2.75) is 13.8 Å². The third kappa shape index (κ3) is 1.76. The minimum absolute atomic E-state index is 0.0324. The molecule has 2 nitrogen and oxygen atoms in total. The van der Waals surface area contributed by atoms with E-state index in [0.717, 1.165) is 0 Å². The summed E-state index contributed by atoms with van der Waals surface area (Å²) in [6.45, 7) is 1.48. The highest BCUT2D eigenvalue weighted by Gasteiger charge is 1.99. The van der Waals surface area contributed by atoms with E-state index in [1.165, 1.54) is 6.92 Å². The summed E-state index contributed by atoms with van der Waals surface area (Å²) in [6.07, 6.45) is 0. The molecule has 0 aliphatic rings. The van der Waals surface area contributed by atoms with Gasteiger partial charge < -0.3 is 5.11 Å². The van der Waals surface area contributed by atoms with Crippen molar-refractivity contribution < 1.29 is 11.3 Å². The molecule has 36 valence electrons. The fourth-order valence-electron chi connectivity index (χ4n) is 0. The molecule has 0 aromatic heterocycles. The van der Waals surface area contributed by atoms with Gasteiger partial charge in [-0.3, -0.25) is 4.79 Å². The van der Waals surface area contributed by atoms with E-state index in [-0.39, 0.29) is 6.90 Å². The van der Waals surface area contributed by atoms with E-state index in [1.807, 2.05) is 0 Å². The maximum Gasteiger partial charge on any atom is 0.305 e. The lowest BCUT2D eigenvalue weighted by molar-refractivity contribution is -0.140. The van der Waals surface area contributed by atoms with Crippen LogP contribution in [0.2, 0.25) is 0 Å². The second-order valence-electron chi connectivity index (χ2n) is 1.24. The van der Waals surface area contributed by atoms with Gasteiger partial charge in [-0.1, -0.05) is 13.8 Å².